The normalized spacial score (nSPS) is 17.5. The van der Waals surface area contributed by atoms with Gasteiger partial charge in [-0.05, 0) is 145 Å². The Balaban J connectivity index is 0.946. The Kier molecular flexibility index (Phi) is 14.7. The second-order valence-corrected chi connectivity index (χ2v) is 20.5. The first-order valence-electron chi connectivity index (χ1n) is 23.8. The van der Waals surface area contributed by atoms with Gasteiger partial charge in [-0.2, -0.15) is 23.5 Å². The maximum absolute atomic E-state index is 14.0. The number of rotatable bonds is 14. The number of amides is 4. The summed E-state index contributed by atoms with van der Waals surface area (Å²) in [6.45, 7) is 4.93. The van der Waals surface area contributed by atoms with Crippen LogP contribution < -0.4 is 10.6 Å². The minimum Gasteiger partial charge on any atom is -0.453 e. The highest BCUT2D eigenvalue weighted by Crippen LogP contribution is 2.37. The number of nitrogens with one attached hydrogen (secondary N) is 4. The van der Waals surface area contributed by atoms with Crippen molar-refractivity contribution in [1.29, 1.82) is 0 Å². The lowest BCUT2D eigenvalue weighted by atomic mass is 9.87. The molecule has 4 bridgehead atoms. The zero-order chi connectivity index (χ0) is 49.1. The van der Waals surface area contributed by atoms with Crippen LogP contribution in [0.1, 0.15) is 72.7 Å². The van der Waals surface area contributed by atoms with E-state index < -0.39 is 36.4 Å². The molecule has 0 saturated heterocycles. The summed E-state index contributed by atoms with van der Waals surface area (Å²) in [5.41, 5.74) is 15.2. The summed E-state index contributed by atoms with van der Waals surface area (Å²) in [5, 5.41) is 5.50. The Labute approximate surface area is 416 Å². The summed E-state index contributed by atoms with van der Waals surface area (Å²) in [7, 11) is 2.61. The minimum absolute atomic E-state index is 0.165. The molecule has 364 valence electrons. The van der Waals surface area contributed by atoms with E-state index in [9.17, 15) is 19.2 Å². The molecule has 4 N–H and O–H groups in total. The third kappa shape index (κ3) is 10.3. The molecule has 0 spiro atoms. The molecule has 16 heteroatoms. The van der Waals surface area contributed by atoms with Crippen LogP contribution in [-0.2, 0) is 44.7 Å². The van der Waals surface area contributed by atoms with Crippen LogP contribution >= 0.6 is 23.5 Å². The molecule has 14 nitrogen and oxygen atoms in total. The van der Waals surface area contributed by atoms with Gasteiger partial charge in [0.2, 0.25) is 11.8 Å². The molecule has 4 heterocycles. The summed E-state index contributed by atoms with van der Waals surface area (Å²) < 4.78 is 9.70. The summed E-state index contributed by atoms with van der Waals surface area (Å²) in [6, 6.07) is 24.3. The SMILES string of the molecule is COC(=O)NC(CCSC)C(=O)N1CC(C)=CC1c1nc2ccc(-c3cc4ccc3CCc3ccc(c(-c5ccc6nc(C7C=C(C)CN7C(=O)C(CCSC)NC(=O)OC)[nH]c6c5)c3)CC4)cc2[nH]1. The average molecular weight is 981 g/mol. The van der Waals surface area contributed by atoms with Crippen molar-refractivity contribution in [2.45, 2.75) is 76.5 Å². The average Bonchev–Trinajstić information content (AvgIpc) is 4.18. The Morgan fingerprint density at radius 3 is 1.46 bits per heavy atom. The lowest BCUT2D eigenvalue weighted by Gasteiger charge is -2.28. The molecule has 0 radical (unpaired) electrons. The highest BCUT2D eigenvalue weighted by Gasteiger charge is 2.37. The van der Waals surface area contributed by atoms with Gasteiger partial charge in [0.1, 0.15) is 35.8 Å². The molecule has 4 atom stereocenters. The molecule has 2 aromatic heterocycles. The van der Waals surface area contributed by atoms with Crippen molar-refractivity contribution in [2.24, 2.45) is 0 Å². The predicted octanol–water partition coefficient (Wildman–Crippen LogP) is 9.27. The highest BCUT2D eigenvalue weighted by atomic mass is 32.2. The van der Waals surface area contributed by atoms with Crippen molar-refractivity contribution in [3.63, 3.8) is 0 Å². The van der Waals surface area contributed by atoms with Crippen molar-refractivity contribution in [2.75, 3.05) is 51.3 Å². The van der Waals surface area contributed by atoms with Crippen LogP contribution in [0.25, 0.3) is 44.3 Å². The third-order valence-corrected chi connectivity index (χ3v) is 14.9. The van der Waals surface area contributed by atoms with Gasteiger partial charge in [0.25, 0.3) is 0 Å². The molecule has 4 amide bonds. The Morgan fingerprint density at radius 1 is 0.629 bits per heavy atom. The van der Waals surface area contributed by atoms with Crippen LogP contribution in [0.2, 0.25) is 0 Å². The number of thioether (sulfide) groups is 2. The van der Waals surface area contributed by atoms with Crippen LogP contribution in [0.3, 0.4) is 0 Å². The van der Waals surface area contributed by atoms with Gasteiger partial charge in [0, 0.05) is 13.1 Å². The van der Waals surface area contributed by atoms with Gasteiger partial charge in [0.05, 0.1) is 36.3 Å². The van der Waals surface area contributed by atoms with E-state index in [1.807, 2.05) is 26.4 Å². The number of aromatic nitrogens is 4. The summed E-state index contributed by atoms with van der Waals surface area (Å²) in [6.07, 6.45) is 11.2. The van der Waals surface area contributed by atoms with Gasteiger partial charge in [-0.1, -0.05) is 71.8 Å². The monoisotopic (exact) mass is 980 g/mol. The molecule has 70 heavy (non-hydrogen) atoms. The number of alkyl carbamates (subject to hydrolysis) is 2. The molecule has 4 aromatic carbocycles. The Hall–Kier alpha value is -6.52. The zero-order valence-electron chi connectivity index (χ0n) is 40.5. The van der Waals surface area contributed by atoms with Crippen LogP contribution in [0, 0.1) is 0 Å². The van der Waals surface area contributed by atoms with E-state index in [0.717, 1.165) is 70.0 Å². The first-order chi connectivity index (χ1) is 33.9. The predicted molar refractivity (Wildman–Crippen MR) is 279 cm³/mol. The number of H-pyrrole nitrogens is 2. The second kappa shape index (κ2) is 21.2. The molecule has 0 fully saturated rings. The van der Waals surface area contributed by atoms with Gasteiger partial charge in [0.15, 0.2) is 0 Å². The molecular weight excluding hydrogens is 921 g/mol. The lowest BCUT2D eigenvalue weighted by molar-refractivity contribution is -0.134. The molecule has 0 saturated carbocycles. The number of fused-ring (bicyclic) bond motifs is 2. The molecule has 6 aliphatic rings. The van der Waals surface area contributed by atoms with Crippen LogP contribution in [0.15, 0.2) is 96.1 Å². The number of hydrogen-bond acceptors (Lipinski definition) is 10. The number of aryl methyl sites for hydroxylation is 4. The van der Waals surface area contributed by atoms with Gasteiger partial charge < -0.3 is 39.9 Å². The number of ether oxygens (including phenoxy) is 2. The van der Waals surface area contributed by atoms with Crippen molar-refractivity contribution >= 4 is 69.6 Å². The number of nitrogens with zero attached hydrogens (tertiary/aromatic N) is 4. The van der Waals surface area contributed by atoms with E-state index in [-0.39, 0.29) is 11.8 Å². The van der Waals surface area contributed by atoms with Crippen molar-refractivity contribution in [3.05, 3.63) is 130 Å². The third-order valence-electron chi connectivity index (χ3n) is 13.6. The van der Waals surface area contributed by atoms with E-state index in [2.05, 4.69) is 106 Å². The largest absolute Gasteiger partial charge is 0.453 e. The second-order valence-electron chi connectivity index (χ2n) is 18.5. The standard InChI is InChI=1S/C54H60N8O6S2/c1-31-23-47(61(29-31)51(63)43(19-21-69-5)59-53(65)67-3)49-55-41-17-15-37(27-45(41)57-49)39-25-33-7-11-35(39)13-9-34-8-12-36(14-10-33)40(26-34)38-16-18-42-46(28-38)58-50(56-42)48-24-32(2)30-62(48)52(64)44(20-22-70-6)60-54(66)68-4/h7-8,11-12,15-18,23-28,43-44,47-48H,9-10,13-14,19-22,29-30H2,1-6H3,(H,55,57)(H,56,58)(H,59,65)(H,60,66). The Morgan fingerprint density at radius 2 is 1.06 bits per heavy atom. The molecule has 2 aliphatic heterocycles. The molecule has 6 aromatic rings. The summed E-state index contributed by atoms with van der Waals surface area (Å²) >= 11 is 3.25. The maximum atomic E-state index is 14.0. The van der Waals surface area contributed by atoms with Crippen LogP contribution in [0.4, 0.5) is 9.59 Å². The van der Waals surface area contributed by atoms with E-state index in [1.165, 1.54) is 47.6 Å². The highest BCUT2D eigenvalue weighted by molar-refractivity contribution is 7.98. The number of hydrogen-bond donors (Lipinski definition) is 4. The number of methoxy groups -OCH3 is 2. The molecule has 12 rings (SSSR count). The van der Waals surface area contributed by atoms with Crippen LogP contribution in [-0.4, -0.2) is 117 Å². The number of imidazole rings is 2. The van der Waals surface area contributed by atoms with E-state index in [0.29, 0.717) is 49.1 Å². The van der Waals surface area contributed by atoms with Gasteiger partial charge >= 0.3 is 12.2 Å². The summed E-state index contributed by atoms with van der Waals surface area (Å²) in [5.74, 6) is 2.46. The van der Waals surface area contributed by atoms with Crippen LogP contribution in [0.5, 0.6) is 0 Å². The van der Waals surface area contributed by atoms with Crippen molar-refractivity contribution in [3.8, 4) is 22.3 Å². The number of carbonyl (C=O) groups excluding carboxylic acids is 4. The fourth-order valence-electron chi connectivity index (χ4n) is 9.99. The zero-order valence-corrected chi connectivity index (χ0v) is 42.2. The topological polar surface area (TPSA) is 175 Å². The van der Waals surface area contributed by atoms with E-state index in [4.69, 9.17) is 19.4 Å². The fourth-order valence-corrected chi connectivity index (χ4v) is 10.9. The Bertz CT molecular complexity index is 2830. The lowest BCUT2D eigenvalue weighted by Crippen LogP contribution is -2.49. The number of benzene rings is 4. The van der Waals surface area contributed by atoms with Gasteiger partial charge in [-0.15, -0.1) is 0 Å². The summed E-state index contributed by atoms with van der Waals surface area (Å²) in [4.78, 5) is 73.1. The maximum Gasteiger partial charge on any atom is 0.407 e. The smallest absolute Gasteiger partial charge is 0.407 e. The minimum atomic E-state index is -0.709. The fraction of sp³-hybridized carbons (Fsp3) is 0.370. The molecular formula is C54H60N8O6S2. The first-order valence-corrected chi connectivity index (χ1v) is 26.6. The van der Waals surface area contributed by atoms with Crippen molar-refractivity contribution in [1.82, 2.24) is 40.4 Å². The molecule has 4 aliphatic carbocycles. The molecule has 4 unspecified atom stereocenters. The van der Waals surface area contributed by atoms with Crippen molar-refractivity contribution < 1.29 is 28.7 Å². The van der Waals surface area contributed by atoms with Gasteiger partial charge in [-0.3, -0.25) is 9.59 Å². The quantitative estimate of drug-likeness (QED) is 0.0771. The first kappa shape index (κ1) is 48.5. The van der Waals surface area contributed by atoms with Gasteiger partial charge in [-0.25, -0.2) is 19.6 Å². The number of aromatic amines is 2. The number of carbonyl (C=O) groups is 4. The van der Waals surface area contributed by atoms with E-state index >= 15 is 0 Å². The van der Waals surface area contributed by atoms with E-state index in [1.54, 1.807) is 33.3 Å².